The molecule has 1 aromatic heterocycles. The van der Waals surface area contributed by atoms with E-state index in [9.17, 15) is 9.59 Å². The van der Waals surface area contributed by atoms with Crippen molar-refractivity contribution in [2.75, 3.05) is 0 Å². The fraction of sp³-hybridized carbons (Fsp3) is 0.400. The Hall–Kier alpha value is -1.62. The molecule has 0 spiro atoms. The summed E-state index contributed by atoms with van der Waals surface area (Å²) in [5.41, 5.74) is 6.28. The number of rotatable bonds is 3. The van der Waals surface area contributed by atoms with E-state index in [1.165, 1.54) is 4.90 Å². The lowest BCUT2D eigenvalue weighted by Crippen LogP contribution is -2.28. The van der Waals surface area contributed by atoms with Crippen LogP contribution in [0.3, 0.4) is 0 Å². The second kappa shape index (κ2) is 3.86. The van der Waals surface area contributed by atoms with Crippen molar-refractivity contribution in [3.8, 4) is 0 Å². The smallest absolute Gasteiger partial charge is 0.230 e. The molecule has 0 saturated carbocycles. The van der Waals surface area contributed by atoms with Crippen LogP contribution in [0.2, 0.25) is 0 Å². The Morgan fingerprint density at radius 1 is 1.33 bits per heavy atom. The van der Waals surface area contributed by atoms with Gasteiger partial charge in [0.1, 0.15) is 5.76 Å². The SMILES string of the molecule is NCc1coc(CN2C(=O)CCC2=O)c1. The van der Waals surface area contributed by atoms with Gasteiger partial charge in [0.05, 0.1) is 12.8 Å². The number of hydrogen-bond acceptors (Lipinski definition) is 4. The molecule has 0 aromatic carbocycles. The highest BCUT2D eigenvalue weighted by molar-refractivity contribution is 6.01. The third-order valence-electron chi connectivity index (χ3n) is 2.41. The molecule has 2 amide bonds. The summed E-state index contributed by atoms with van der Waals surface area (Å²) in [5, 5.41) is 0. The van der Waals surface area contributed by atoms with E-state index in [-0.39, 0.29) is 18.4 Å². The minimum absolute atomic E-state index is 0.134. The molecule has 2 heterocycles. The molecular weight excluding hydrogens is 196 g/mol. The number of hydrogen-bond donors (Lipinski definition) is 1. The summed E-state index contributed by atoms with van der Waals surface area (Å²) in [7, 11) is 0. The number of likely N-dealkylation sites (tertiary alicyclic amines) is 1. The summed E-state index contributed by atoms with van der Waals surface area (Å²) < 4.78 is 5.19. The first-order valence-corrected chi connectivity index (χ1v) is 4.80. The predicted molar refractivity (Wildman–Crippen MR) is 51.4 cm³/mol. The Bertz CT molecular complexity index is 381. The maximum Gasteiger partial charge on any atom is 0.230 e. The van der Waals surface area contributed by atoms with Crippen molar-refractivity contribution in [2.45, 2.75) is 25.9 Å². The molecular formula is C10H12N2O3. The van der Waals surface area contributed by atoms with E-state index in [2.05, 4.69) is 0 Å². The molecule has 1 aliphatic rings. The number of nitrogens with zero attached hydrogens (tertiary/aromatic N) is 1. The van der Waals surface area contributed by atoms with Gasteiger partial charge in [-0.2, -0.15) is 0 Å². The van der Waals surface area contributed by atoms with Crippen molar-refractivity contribution in [1.29, 1.82) is 0 Å². The Labute approximate surface area is 86.8 Å². The van der Waals surface area contributed by atoms with Gasteiger partial charge in [0.2, 0.25) is 11.8 Å². The molecule has 5 heteroatoms. The van der Waals surface area contributed by atoms with Crippen LogP contribution in [0.15, 0.2) is 16.7 Å². The van der Waals surface area contributed by atoms with E-state index < -0.39 is 0 Å². The van der Waals surface area contributed by atoms with Gasteiger partial charge in [0.25, 0.3) is 0 Å². The fourth-order valence-electron chi connectivity index (χ4n) is 1.57. The Morgan fingerprint density at radius 3 is 2.53 bits per heavy atom. The topological polar surface area (TPSA) is 76.5 Å². The van der Waals surface area contributed by atoms with E-state index >= 15 is 0 Å². The Morgan fingerprint density at radius 2 is 2.00 bits per heavy atom. The molecule has 5 nitrogen and oxygen atoms in total. The minimum atomic E-state index is -0.134. The van der Waals surface area contributed by atoms with Crippen LogP contribution in [0.1, 0.15) is 24.2 Å². The van der Waals surface area contributed by atoms with Crippen LogP contribution in [-0.2, 0) is 22.7 Å². The quantitative estimate of drug-likeness (QED) is 0.729. The lowest BCUT2D eigenvalue weighted by Gasteiger charge is -2.10. The maximum atomic E-state index is 11.3. The molecule has 1 saturated heterocycles. The zero-order valence-corrected chi connectivity index (χ0v) is 8.23. The Kier molecular flexibility index (Phi) is 2.55. The second-order valence-corrected chi connectivity index (χ2v) is 3.50. The van der Waals surface area contributed by atoms with Crippen LogP contribution < -0.4 is 5.73 Å². The number of imide groups is 1. The highest BCUT2D eigenvalue weighted by Crippen LogP contribution is 2.17. The molecule has 2 rings (SSSR count). The molecule has 0 aliphatic carbocycles. The highest BCUT2D eigenvalue weighted by atomic mass is 16.3. The van der Waals surface area contributed by atoms with Gasteiger partial charge in [-0.05, 0) is 6.07 Å². The maximum absolute atomic E-state index is 11.3. The van der Waals surface area contributed by atoms with Gasteiger partial charge in [-0.25, -0.2) is 0 Å². The van der Waals surface area contributed by atoms with E-state index in [1.54, 1.807) is 12.3 Å². The lowest BCUT2D eigenvalue weighted by molar-refractivity contribution is -0.139. The third-order valence-corrected chi connectivity index (χ3v) is 2.41. The molecule has 0 atom stereocenters. The lowest BCUT2D eigenvalue weighted by atomic mass is 10.3. The summed E-state index contributed by atoms with van der Waals surface area (Å²) in [6.45, 7) is 0.614. The summed E-state index contributed by atoms with van der Waals surface area (Å²) >= 11 is 0. The number of carbonyl (C=O) groups excluding carboxylic acids is 2. The van der Waals surface area contributed by atoms with Crippen molar-refractivity contribution in [3.05, 3.63) is 23.7 Å². The van der Waals surface area contributed by atoms with E-state index in [0.717, 1.165) is 5.56 Å². The normalized spacial score (nSPS) is 16.5. The fourth-order valence-corrected chi connectivity index (χ4v) is 1.57. The summed E-state index contributed by atoms with van der Waals surface area (Å²) in [5.74, 6) is 0.329. The van der Waals surface area contributed by atoms with Gasteiger partial charge in [-0.15, -0.1) is 0 Å². The minimum Gasteiger partial charge on any atom is -0.467 e. The van der Waals surface area contributed by atoms with E-state index in [1.807, 2.05) is 0 Å². The molecule has 0 radical (unpaired) electrons. The summed E-state index contributed by atoms with van der Waals surface area (Å²) in [4.78, 5) is 23.8. The van der Waals surface area contributed by atoms with Gasteiger partial charge >= 0.3 is 0 Å². The van der Waals surface area contributed by atoms with Gasteiger partial charge < -0.3 is 10.2 Å². The molecule has 1 fully saturated rings. The molecule has 1 aliphatic heterocycles. The molecule has 1 aromatic rings. The Balaban J connectivity index is 2.07. The summed E-state index contributed by atoms with van der Waals surface area (Å²) in [6, 6.07) is 1.76. The number of nitrogens with two attached hydrogens (primary N) is 1. The molecule has 15 heavy (non-hydrogen) atoms. The predicted octanol–water partition coefficient (Wildman–Crippen LogP) is 0.387. The van der Waals surface area contributed by atoms with Crippen molar-refractivity contribution >= 4 is 11.8 Å². The van der Waals surface area contributed by atoms with Gasteiger partial charge in [-0.3, -0.25) is 14.5 Å². The van der Waals surface area contributed by atoms with Crippen molar-refractivity contribution < 1.29 is 14.0 Å². The average molecular weight is 208 g/mol. The molecule has 2 N–H and O–H groups in total. The number of amides is 2. The summed E-state index contributed by atoms with van der Waals surface area (Å²) in [6.07, 6.45) is 2.16. The van der Waals surface area contributed by atoms with Gasteiger partial charge in [0.15, 0.2) is 0 Å². The van der Waals surface area contributed by atoms with Crippen LogP contribution in [0, 0.1) is 0 Å². The first kappa shape index (κ1) is 9.92. The van der Waals surface area contributed by atoms with Crippen LogP contribution in [-0.4, -0.2) is 16.7 Å². The zero-order valence-electron chi connectivity index (χ0n) is 8.23. The van der Waals surface area contributed by atoms with Crippen molar-refractivity contribution in [3.63, 3.8) is 0 Å². The monoisotopic (exact) mass is 208 g/mol. The van der Waals surface area contributed by atoms with E-state index in [4.69, 9.17) is 10.2 Å². The first-order valence-electron chi connectivity index (χ1n) is 4.80. The highest BCUT2D eigenvalue weighted by Gasteiger charge is 2.29. The van der Waals surface area contributed by atoms with Crippen LogP contribution >= 0.6 is 0 Å². The van der Waals surface area contributed by atoms with Crippen LogP contribution in [0.4, 0.5) is 0 Å². The standard InChI is InChI=1S/C10H12N2O3/c11-4-7-3-8(15-6-7)5-12-9(13)1-2-10(12)14/h3,6H,1-2,4-5,11H2. The molecule has 0 bridgehead atoms. The number of carbonyl (C=O) groups is 2. The van der Waals surface area contributed by atoms with Gasteiger partial charge in [0, 0.05) is 24.9 Å². The second-order valence-electron chi connectivity index (χ2n) is 3.50. The molecule has 80 valence electrons. The largest absolute Gasteiger partial charge is 0.467 e. The van der Waals surface area contributed by atoms with E-state index in [0.29, 0.717) is 25.1 Å². The first-order chi connectivity index (χ1) is 7.20. The molecule has 0 unspecified atom stereocenters. The van der Waals surface area contributed by atoms with Crippen molar-refractivity contribution in [1.82, 2.24) is 4.90 Å². The third kappa shape index (κ3) is 1.92. The average Bonchev–Trinajstić information content (AvgIpc) is 2.80. The zero-order chi connectivity index (χ0) is 10.8. The van der Waals surface area contributed by atoms with Crippen molar-refractivity contribution in [2.24, 2.45) is 5.73 Å². The van der Waals surface area contributed by atoms with Crippen LogP contribution in [0.5, 0.6) is 0 Å². The van der Waals surface area contributed by atoms with Crippen LogP contribution in [0.25, 0.3) is 0 Å². The number of furan rings is 1. The van der Waals surface area contributed by atoms with Gasteiger partial charge in [-0.1, -0.05) is 0 Å².